The Hall–Kier alpha value is -2.45. The number of para-hydroxylation sites is 1. The molecule has 8 heteroatoms. The molecular weight excluding hydrogens is 392 g/mol. The molecule has 1 unspecified atom stereocenters. The first-order chi connectivity index (χ1) is 15.0. The van der Waals surface area contributed by atoms with Crippen molar-refractivity contribution >= 4 is 5.91 Å². The smallest absolute Gasteiger partial charge is 0.224 e. The predicted molar refractivity (Wildman–Crippen MR) is 121 cm³/mol. The van der Waals surface area contributed by atoms with Crippen LogP contribution in [0, 0.1) is 5.92 Å². The Morgan fingerprint density at radius 3 is 2.84 bits per heavy atom. The number of methoxy groups -OCH3 is 1. The van der Waals surface area contributed by atoms with Gasteiger partial charge in [-0.25, -0.2) is 4.98 Å². The van der Waals surface area contributed by atoms with Crippen LogP contribution in [0.25, 0.3) is 0 Å². The van der Waals surface area contributed by atoms with Gasteiger partial charge in [0.05, 0.1) is 13.7 Å². The second kappa shape index (κ2) is 11.8. The van der Waals surface area contributed by atoms with Crippen LogP contribution in [-0.4, -0.2) is 89.3 Å². The summed E-state index contributed by atoms with van der Waals surface area (Å²) in [6, 6.07) is 8.23. The van der Waals surface area contributed by atoms with Crippen LogP contribution >= 0.6 is 0 Å². The van der Waals surface area contributed by atoms with Crippen LogP contribution in [0.15, 0.2) is 36.9 Å². The molecule has 0 N–H and O–H groups in total. The highest BCUT2D eigenvalue weighted by molar-refractivity contribution is 5.76. The minimum Gasteiger partial charge on any atom is -0.496 e. The molecule has 1 fully saturated rings. The van der Waals surface area contributed by atoms with E-state index in [4.69, 9.17) is 4.74 Å². The zero-order valence-electron chi connectivity index (χ0n) is 19.1. The van der Waals surface area contributed by atoms with E-state index in [2.05, 4.69) is 32.0 Å². The van der Waals surface area contributed by atoms with Crippen LogP contribution in [0.2, 0.25) is 0 Å². The second-order valence-electron chi connectivity index (χ2n) is 8.61. The number of likely N-dealkylation sites (tertiary alicyclic amines) is 1. The molecule has 1 amide bonds. The van der Waals surface area contributed by atoms with Crippen LogP contribution in [0.3, 0.4) is 0 Å². The van der Waals surface area contributed by atoms with Crippen molar-refractivity contribution in [2.24, 2.45) is 5.92 Å². The molecule has 1 aliphatic heterocycles. The minimum absolute atomic E-state index is 0.194. The Kier molecular flexibility index (Phi) is 8.85. The summed E-state index contributed by atoms with van der Waals surface area (Å²) < 4.78 is 7.25. The highest BCUT2D eigenvalue weighted by atomic mass is 16.5. The van der Waals surface area contributed by atoms with Crippen molar-refractivity contribution < 1.29 is 9.53 Å². The summed E-state index contributed by atoms with van der Waals surface area (Å²) in [6.45, 7) is 5.99. The SMILES string of the molecule is COc1ccccc1CN1CCCC(CN(CCN(C)C)C(=O)CCn2cncn2)C1. The third kappa shape index (κ3) is 7.33. The van der Waals surface area contributed by atoms with Crippen molar-refractivity contribution in [3.05, 3.63) is 42.5 Å². The number of aromatic nitrogens is 3. The highest BCUT2D eigenvalue weighted by Gasteiger charge is 2.25. The minimum atomic E-state index is 0.194. The summed E-state index contributed by atoms with van der Waals surface area (Å²) in [5, 5.41) is 4.11. The van der Waals surface area contributed by atoms with Gasteiger partial charge in [0, 0.05) is 44.7 Å². The molecule has 1 saturated heterocycles. The third-order valence-electron chi connectivity index (χ3n) is 5.86. The van der Waals surface area contributed by atoms with E-state index in [0.717, 1.165) is 57.9 Å². The molecule has 2 aromatic rings. The largest absolute Gasteiger partial charge is 0.496 e. The van der Waals surface area contributed by atoms with E-state index >= 15 is 0 Å². The van der Waals surface area contributed by atoms with Crippen molar-refractivity contribution in [2.45, 2.75) is 32.4 Å². The van der Waals surface area contributed by atoms with Gasteiger partial charge >= 0.3 is 0 Å². The van der Waals surface area contributed by atoms with Gasteiger partial charge in [-0.05, 0) is 45.5 Å². The van der Waals surface area contributed by atoms with Gasteiger partial charge in [0.25, 0.3) is 0 Å². The number of aryl methyl sites for hydroxylation is 1. The van der Waals surface area contributed by atoms with Crippen molar-refractivity contribution in [2.75, 3.05) is 53.9 Å². The number of hydrogen-bond acceptors (Lipinski definition) is 6. The quantitative estimate of drug-likeness (QED) is 0.545. The predicted octanol–water partition coefficient (Wildman–Crippen LogP) is 1.98. The molecule has 8 nitrogen and oxygen atoms in total. The average Bonchev–Trinajstić information content (AvgIpc) is 3.29. The van der Waals surface area contributed by atoms with Crippen LogP contribution in [0.4, 0.5) is 0 Å². The molecule has 3 rings (SSSR count). The van der Waals surface area contributed by atoms with Crippen LogP contribution in [0.1, 0.15) is 24.8 Å². The summed E-state index contributed by atoms with van der Waals surface area (Å²) in [6.07, 6.45) is 5.95. The van der Waals surface area contributed by atoms with Gasteiger partial charge in [-0.15, -0.1) is 0 Å². The molecule has 170 valence electrons. The number of ether oxygens (including phenoxy) is 1. The molecular formula is C23H36N6O2. The molecule has 1 aromatic heterocycles. The van der Waals surface area contributed by atoms with Crippen molar-refractivity contribution in [3.63, 3.8) is 0 Å². The zero-order valence-corrected chi connectivity index (χ0v) is 19.1. The van der Waals surface area contributed by atoms with Gasteiger partial charge in [0.2, 0.25) is 5.91 Å². The Morgan fingerprint density at radius 1 is 1.26 bits per heavy atom. The third-order valence-corrected chi connectivity index (χ3v) is 5.86. The summed E-state index contributed by atoms with van der Waals surface area (Å²) in [5.74, 6) is 1.63. The van der Waals surface area contributed by atoms with Crippen LogP contribution in [-0.2, 0) is 17.9 Å². The van der Waals surface area contributed by atoms with Gasteiger partial charge in [-0.2, -0.15) is 5.10 Å². The Morgan fingerprint density at radius 2 is 2.10 bits per heavy atom. The first kappa shape index (κ1) is 23.2. The van der Waals surface area contributed by atoms with E-state index in [1.165, 1.54) is 11.9 Å². The summed E-state index contributed by atoms with van der Waals surface area (Å²) in [5.41, 5.74) is 1.22. The zero-order chi connectivity index (χ0) is 22.1. The van der Waals surface area contributed by atoms with Gasteiger partial charge in [0.15, 0.2) is 0 Å². The summed E-state index contributed by atoms with van der Waals surface area (Å²) in [4.78, 5) is 23.6. The van der Waals surface area contributed by atoms with E-state index in [1.54, 1.807) is 18.1 Å². The number of carbonyl (C=O) groups is 1. The Bertz CT molecular complexity index is 795. The van der Waals surface area contributed by atoms with Crippen molar-refractivity contribution in [3.8, 4) is 5.75 Å². The van der Waals surface area contributed by atoms with E-state index in [9.17, 15) is 4.79 Å². The fourth-order valence-electron chi connectivity index (χ4n) is 4.19. The number of likely N-dealkylation sites (N-methyl/N-ethyl adjacent to an activating group) is 1. The molecule has 0 radical (unpaired) electrons. The number of piperidine rings is 1. The van der Waals surface area contributed by atoms with E-state index in [0.29, 0.717) is 18.9 Å². The van der Waals surface area contributed by atoms with E-state index < -0.39 is 0 Å². The maximum absolute atomic E-state index is 13.0. The Balaban J connectivity index is 1.57. The molecule has 0 bridgehead atoms. The second-order valence-corrected chi connectivity index (χ2v) is 8.61. The first-order valence-electron chi connectivity index (χ1n) is 11.1. The van der Waals surface area contributed by atoms with Crippen LogP contribution in [0.5, 0.6) is 5.75 Å². The Labute approximate surface area is 185 Å². The average molecular weight is 429 g/mol. The maximum atomic E-state index is 13.0. The molecule has 1 aromatic carbocycles. The lowest BCUT2D eigenvalue weighted by Crippen LogP contribution is -2.44. The number of rotatable bonds is 11. The molecule has 0 spiro atoms. The summed E-state index contributed by atoms with van der Waals surface area (Å²) >= 11 is 0. The first-order valence-corrected chi connectivity index (χ1v) is 11.1. The van der Waals surface area contributed by atoms with Crippen LogP contribution < -0.4 is 4.74 Å². The lowest BCUT2D eigenvalue weighted by molar-refractivity contribution is -0.132. The van der Waals surface area contributed by atoms with E-state index in [-0.39, 0.29) is 5.91 Å². The van der Waals surface area contributed by atoms with E-state index in [1.807, 2.05) is 31.1 Å². The van der Waals surface area contributed by atoms with Gasteiger partial charge in [0.1, 0.15) is 18.4 Å². The number of nitrogens with zero attached hydrogens (tertiary/aromatic N) is 6. The van der Waals surface area contributed by atoms with Gasteiger partial charge in [-0.1, -0.05) is 18.2 Å². The molecule has 0 aliphatic carbocycles. The lowest BCUT2D eigenvalue weighted by atomic mass is 9.96. The standard InChI is InChI=1S/C23H36N6O2/c1-26(2)13-14-28(23(30)10-12-29-19-24-18-25-29)16-20-7-6-11-27(15-20)17-21-8-4-5-9-22(21)31-3/h4-5,8-9,18-20H,6-7,10-17H2,1-3H3. The van der Waals surface area contributed by atoms with Crippen molar-refractivity contribution in [1.82, 2.24) is 29.5 Å². The summed E-state index contributed by atoms with van der Waals surface area (Å²) in [7, 11) is 5.83. The monoisotopic (exact) mass is 428 g/mol. The number of carbonyl (C=O) groups excluding carboxylic acids is 1. The topological polar surface area (TPSA) is 66.7 Å². The van der Waals surface area contributed by atoms with Gasteiger partial charge < -0.3 is 14.5 Å². The number of benzene rings is 1. The van der Waals surface area contributed by atoms with Gasteiger partial charge in [-0.3, -0.25) is 14.4 Å². The lowest BCUT2D eigenvalue weighted by Gasteiger charge is -2.36. The number of amides is 1. The fraction of sp³-hybridized carbons (Fsp3) is 0.609. The number of hydrogen-bond donors (Lipinski definition) is 0. The molecule has 31 heavy (non-hydrogen) atoms. The fourth-order valence-corrected chi connectivity index (χ4v) is 4.19. The van der Waals surface area contributed by atoms with Crippen molar-refractivity contribution in [1.29, 1.82) is 0 Å². The molecule has 0 saturated carbocycles. The highest BCUT2D eigenvalue weighted by Crippen LogP contribution is 2.24. The molecule has 2 heterocycles. The maximum Gasteiger partial charge on any atom is 0.224 e. The molecule has 1 atom stereocenters. The molecule has 1 aliphatic rings. The normalized spacial score (nSPS) is 17.1.